The SMILES string of the molecule is c1ccc(N(c2ccc3cc4c(cc3c2)C(c2ccccc2)(c2ccccc2)c2c-4c3ccccc3c3cc(N(c4ccccc4)c4cccc5c4sc4ccccc45)ccc23)c2cccc3c2sc2ccccc23)cc1. The molecule has 2 heterocycles. The van der Waals surface area contributed by atoms with E-state index in [9.17, 15) is 0 Å². The summed E-state index contributed by atoms with van der Waals surface area (Å²) in [6.45, 7) is 0. The Bertz CT molecular complexity index is 4770. The van der Waals surface area contributed by atoms with Crippen LogP contribution in [0.1, 0.15) is 22.3 Å². The molecule has 0 fully saturated rings. The molecule has 0 unspecified atom stereocenters. The number of thiophene rings is 2. The highest BCUT2D eigenvalue weighted by atomic mass is 32.1. The quantitative estimate of drug-likeness (QED) is 0.140. The second-order valence-corrected chi connectivity index (χ2v) is 22.4. The van der Waals surface area contributed by atoms with Crippen molar-refractivity contribution in [2.45, 2.75) is 5.41 Å². The molecule has 15 aromatic rings. The van der Waals surface area contributed by atoms with Crippen LogP contribution in [0.15, 0.2) is 279 Å². The van der Waals surface area contributed by atoms with Crippen LogP contribution in [0.3, 0.4) is 0 Å². The third kappa shape index (κ3) is 6.59. The highest BCUT2D eigenvalue weighted by Crippen LogP contribution is 2.61. The zero-order valence-electron chi connectivity index (χ0n) is 41.8. The van der Waals surface area contributed by atoms with Crippen LogP contribution in [0.4, 0.5) is 34.1 Å². The first-order chi connectivity index (χ1) is 38.2. The van der Waals surface area contributed by atoms with Crippen molar-refractivity contribution in [3.63, 3.8) is 0 Å². The van der Waals surface area contributed by atoms with E-state index in [0.29, 0.717) is 0 Å². The van der Waals surface area contributed by atoms with Gasteiger partial charge in [-0.3, -0.25) is 0 Å². The van der Waals surface area contributed by atoms with Crippen LogP contribution in [0.5, 0.6) is 0 Å². The molecule has 0 saturated heterocycles. The molecule has 0 saturated carbocycles. The fraction of sp³-hybridized carbons (Fsp3) is 0.0137. The fourth-order valence-electron chi connectivity index (χ4n) is 13.0. The number of para-hydroxylation sites is 2. The first kappa shape index (κ1) is 44.0. The maximum atomic E-state index is 2.54. The normalized spacial score (nSPS) is 12.8. The van der Waals surface area contributed by atoms with Gasteiger partial charge in [-0.2, -0.15) is 0 Å². The van der Waals surface area contributed by atoms with Gasteiger partial charge in [0.2, 0.25) is 0 Å². The molecule has 0 bridgehead atoms. The topological polar surface area (TPSA) is 6.48 Å². The van der Waals surface area contributed by atoms with Crippen molar-refractivity contribution in [2.75, 3.05) is 9.80 Å². The Hall–Kier alpha value is -9.32. The molecule has 2 nitrogen and oxygen atoms in total. The standard InChI is InChI=1S/C73H46N2S2/c1-5-21-49(22-6-1)73(50-23-7-2-8-24-50)64-45-48-43-53(74(51-25-9-3-10-26-51)65-35-19-33-60-56-30-15-17-37-67(56)76-71(60)65)40-39-47(48)44-63(64)69-58-32-14-13-29-55(58)62-46-54(41-42-59(62)70(69)73)75(52-27-11-4-12-28-52)66-36-20-34-61-57-31-16-18-38-68(57)77-72(61)66/h1-46H. The Morgan fingerprint density at radius 1 is 0.286 bits per heavy atom. The lowest BCUT2D eigenvalue weighted by molar-refractivity contribution is 0.777. The predicted molar refractivity (Wildman–Crippen MR) is 331 cm³/mol. The lowest BCUT2D eigenvalue weighted by Gasteiger charge is -2.35. The maximum absolute atomic E-state index is 2.54. The molecular weight excluding hydrogens is 969 g/mol. The first-order valence-electron chi connectivity index (χ1n) is 26.4. The number of fused-ring (bicyclic) bond motifs is 15. The van der Waals surface area contributed by atoms with E-state index in [1.165, 1.54) is 117 Å². The highest BCUT2D eigenvalue weighted by Gasteiger charge is 2.48. The van der Waals surface area contributed by atoms with Gasteiger partial charge in [0, 0.05) is 53.7 Å². The van der Waals surface area contributed by atoms with Gasteiger partial charge in [0.25, 0.3) is 0 Å². The Balaban J connectivity index is 0.969. The van der Waals surface area contributed by atoms with Crippen molar-refractivity contribution in [3.8, 4) is 11.1 Å². The van der Waals surface area contributed by atoms with Crippen LogP contribution in [0, 0.1) is 0 Å². The van der Waals surface area contributed by atoms with E-state index < -0.39 is 5.41 Å². The van der Waals surface area contributed by atoms with E-state index in [-0.39, 0.29) is 0 Å². The van der Waals surface area contributed by atoms with Crippen molar-refractivity contribution < 1.29 is 0 Å². The minimum atomic E-state index is -0.676. The number of nitrogens with zero attached hydrogens (tertiary/aromatic N) is 2. The number of hydrogen-bond acceptors (Lipinski definition) is 4. The Labute approximate surface area is 454 Å². The van der Waals surface area contributed by atoms with E-state index in [2.05, 4.69) is 289 Å². The number of rotatable bonds is 8. The Morgan fingerprint density at radius 3 is 1.32 bits per heavy atom. The summed E-state index contributed by atoms with van der Waals surface area (Å²) in [5, 5.41) is 12.5. The predicted octanol–water partition coefficient (Wildman–Crippen LogP) is 21.2. The van der Waals surface area contributed by atoms with Gasteiger partial charge in [-0.15, -0.1) is 22.7 Å². The molecule has 16 rings (SSSR count). The highest BCUT2D eigenvalue weighted by molar-refractivity contribution is 7.26. The molecule has 0 amide bonds. The van der Waals surface area contributed by atoms with Crippen molar-refractivity contribution >= 4 is 129 Å². The van der Waals surface area contributed by atoms with Gasteiger partial charge in [0.15, 0.2) is 0 Å². The molecule has 0 atom stereocenters. The summed E-state index contributed by atoms with van der Waals surface area (Å²) in [6, 6.07) is 104. The van der Waals surface area contributed by atoms with Crippen LogP contribution >= 0.6 is 22.7 Å². The van der Waals surface area contributed by atoms with E-state index in [4.69, 9.17) is 0 Å². The molecule has 0 spiro atoms. The van der Waals surface area contributed by atoms with E-state index in [1.54, 1.807) is 0 Å². The minimum Gasteiger partial charge on any atom is -0.309 e. The first-order valence-corrected chi connectivity index (χ1v) is 28.0. The molecule has 0 radical (unpaired) electrons. The van der Waals surface area contributed by atoms with Crippen LogP contribution in [0.2, 0.25) is 0 Å². The average Bonchev–Trinajstić information content (AvgIpc) is 3.66. The van der Waals surface area contributed by atoms with E-state index in [1.807, 2.05) is 22.7 Å². The lowest BCUT2D eigenvalue weighted by atomic mass is 9.66. The molecule has 0 N–H and O–H groups in total. The molecular formula is C73H46N2S2. The summed E-state index contributed by atoms with van der Waals surface area (Å²) in [4.78, 5) is 4.93. The molecule has 2 aromatic heterocycles. The van der Waals surface area contributed by atoms with Gasteiger partial charge < -0.3 is 9.80 Å². The zero-order chi connectivity index (χ0) is 50.6. The van der Waals surface area contributed by atoms with Crippen LogP contribution in [-0.4, -0.2) is 0 Å². The third-order valence-corrected chi connectivity index (χ3v) is 18.6. The van der Waals surface area contributed by atoms with Crippen LogP contribution < -0.4 is 9.80 Å². The van der Waals surface area contributed by atoms with Gasteiger partial charge in [-0.1, -0.05) is 194 Å². The van der Waals surface area contributed by atoms with Crippen molar-refractivity contribution in [1.82, 2.24) is 0 Å². The van der Waals surface area contributed by atoms with Gasteiger partial charge >= 0.3 is 0 Å². The van der Waals surface area contributed by atoms with Gasteiger partial charge in [0.05, 0.1) is 26.2 Å². The summed E-state index contributed by atoms with van der Waals surface area (Å²) in [5.74, 6) is 0. The van der Waals surface area contributed by atoms with Gasteiger partial charge in [-0.05, 0) is 151 Å². The molecule has 1 aliphatic rings. The number of benzene rings is 13. The summed E-state index contributed by atoms with van der Waals surface area (Å²) >= 11 is 3.75. The summed E-state index contributed by atoms with van der Waals surface area (Å²) < 4.78 is 5.14. The monoisotopic (exact) mass is 1010 g/mol. The minimum absolute atomic E-state index is 0.676. The molecule has 360 valence electrons. The van der Waals surface area contributed by atoms with E-state index in [0.717, 1.165) is 22.7 Å². The van der Waals surface area contributed by atoms with Crippen LogP contribution in [-0.2, 0) is 5.41 Å². The molecule has 77 heavy (non-hydrogen) atoms. The molecule has 13 aromatic carbocycles. The second kappa shape index (κ2) is 17.4. The maximum Gasteiger partial charge on any atom is 0.0720 e. The average molecular weight is 1020 g/mol. The smallest absolute Gasteiger partial charge is 0.0720 e. The zero-order valence-corrected chi connectivity index (χ0v) is 43.4. The molecule has 1 aliphatic carbocycles. The number of anilines is 6. The van der Waals surface area contributed by atoms with E-state index >= 15 is 0 Å². The second-order valence-electron chi connectivity index (χ2n) is 20.3. The third-order valence-electron chi connectivity index (χ3n) is 16.2. The molecule has 4 heteroatoms. The summed E-state index contributed by atoms with van der Waals surface area (Å²) in [6.07, 6.45) is 0. The fourth-order valence-corrected chi connectivity index (χ4v) is 15.4. The Kier molecular flexibility index (Phi) is 9.93. The number of hydrogen-bond donors (Lipinski definition) is 0. The Morgan fingerprint density at radius 2 is 0.753 bits per heavy atom. The van der Waals surface area contributed by atoms with Crippen molar-refractivity contribution in [1.29, 1.82) is 0 Å². The molecule has 0 aliphatic heterocycles. The van der Waals surface area contributed by atoms with Crippen LogP contribution in [0.25, 0.3) is 83.8 Å². The van der Waals surface area contributed by atoms with Gasteiger partial charge in [-0.25, -0.2) is 0 Å². The van der Waals surface area contributed by atoms with Crippen molar-refractivity contribution in [2.24, 2.45) is 0 Å². The van der Waals surface area contributed by atoms with Crippen molar-refractivity contribution in [3.05, 3.63) is 301 Å². The summed E-state index contributed by atoms with van der Waals surface area (Å²) in [5.41, 5.74) is 13.8. The summed E-state index contributed by atoms with van der Waals surface area (Å²) in [7, 11) is 0. The van der Waals surface area contributed by atoms with Gasteiger partial charge in [0.1, 0.15) is 0 Å². The largest absolute Gasteiger partial charge is 0.309 e. The lowest BCUT2D eigenvalue weighted by Crippen LogP contribution is -2.29.